The predicted octanol–water partition coefficient (Wildman–Crippen LogP) is 3.56. The maximum Gasteiger partial charge on any atom is 0.257 e. The van der Waals surface area contributed by atoms with Gasteiger partial charge in [-0.3, -0.25) is 14.9 Å². The van der Waals surface area contributed by atoms with E-state index < -0.39 is 0 Å². The second kappa shape index (κ2) is 5.50. The van der Waals surface area contributed by atoms with E-state index in [1.165, 1.54) is 18.3 Å². The van der Waals surface area contributed by atoms with Gasteiger partial charge in [0.25, 0.3) is 5.91 Å². The average molecular weight is 295 g/mol. The minimum atomic E-state index is -0.296. The van der Waals surface area contributed by atoms with Gasteiger partial charge >= 0.3 is 0 Å². The minimum Gasteiger partial charge on any atom is -0.298 e. The standard InChI is InChI=1S/C13H11ClN2O2S/c1-7-3-9(5-10(14)4-7)12(18)16-13-15-11(6-19-13)8(2)17/h3-6H,1-2H3,(H,15,16,18). The lowest BCUT2D eigenvalue weighted by molar-refractivity contribution is 0.100. The third-order valence-corrected chi connectivity index (χ3v) is 3.37. The van der Waals surface area contributed by atoms with Gasteiger partial charge in [0.05, 0.1) is 0 Å². The molecule has 6 heteroatoms. The molecular weight excluding hydrogens is 284 g/mol. The number of halogens is 1. The second-order valence-electron chi connectivity index (χ2n) is 4.07. The van der Waals surface area contributed by atoms with Gasteiger partial charge in [0, 0.05) is 22.9 Å². The van der Waals surface area contributed by atoms with E-state index in [0.29, 0.717) is 21.4 Å². The summed E-state index contributed by atoms with van der Waals surface area (Å²) >= 11 is 7.12. The Kier molecular flexibility index (Phi) is 3.97. The first-order valence-corrected chi connectivity index (χ1v) is 6.76. The van der Waals surface area contributed by atoms with Crippen molar-refractivity contribution < 1.29 is 9.59 Å². The van der Waals surface area contributed by atoms with E-state index in [2.05, 4.69) is 10.3 Å². The summed E-state index contributed by atoms with van der Waals surface area (Å²) in [6, 6.07) is 5.10. The van der Waals surface area contributed by atoms with Crippen LogP contribution >= 0.6 is 22.9 Å². The number of Topliss-reactive ketones (excluding diaryl/α,β-unsaturated/α-hetero) is 1. The maximum absolute atomic E-state index is 12.0. The average Bonchev–Trinajstić information content (AvgIpc) is 2.76. The van der Waals surface area contributed by atoms with Crippen LogP contribution in [0.1, 0.15) is 33.3 Å². The fourth-order valence-corrected chi connectivity index (χ4v) is 2.56. The van der Waals surface area contributed by atoms with Gasteiger partial charge < -0.3 is 0 Å². The first kappa shape index (κ1) is 13.7. The molecule has 2 aromatic rings. The van der Waals surface area contributed by atoms with Crippen molar-refractivity contribution in [1.29, 1.82) is 0 Å². The zero-order chi connectivity index (χ0) is 14.0. The number of ketones is 1. The third kappa shape index (κ3) is 3.39. The quantitative estimate of drug-likeness (QED) is 0.881. The second-order valence-corrected chi connectivity index (χ2v) is 5.36. The highest BCUT2D eigenvalue weighted by molar-refractivity contribution is 7.14. The number of hydrogen-bond donors (Lipinski definition) is 1. The molecule has 0 saturated carbocycles. The van der Waals surface area contributed by atoms with E-state index in [-0.39, 0.29) is 11.7 Å². The van der Waals surface area contributed by atoms with Crippen LogP contribution in [0.15, 0.2) is 23.6 Å². The Balaban J connectivity index is 2.18. The molecular formula is C13H11ClN2O2S. The fraction of sp³-hybridized carbons (Fsp3) is 0.154. The summed E-state index contributed by atoms with van der Waals surface area (Å²) in [5.74, 6) is -0.426. The molecule has 0 bridgehead atoms. The summed E-state index contributed by atoms with van der Waals surface area (Å²) in [7, 11) is 0. The fourth-order valence-electron chi connectivity index (χ4n) is 1.53. The summed E-state index contributed by atoms with van der Waals surface area (Å²) in [5, 5.41) is 5.16. The van der Waals surface area contributed by atoms with Crippen LogP contribution in [0.3, 0.4) is 0 Å². The summed E-state index contributed by atoms with van der Waals surface area (Å²) in [6.07, 6.45) is 0. The van der Waals surface area contributed by atoms with Crippen molar-refractivity contribution in [1.82, 2.24) is 4.98 Å². The minimum absolute atomic E-state index is 0.129. The molecule has 0 aliphatic heterocycles. The molecule has 0 fully saturated rings. The number of aromatic nitrogens is 1. The topological polar surface area (TPSA) is 59.1 Å². The van der Waals surface area contributed by atoms with Crippen molar-refractivity contribution in [3.05, 3.63) is 45.4 Å². The highest BCUT2D eigenvalue weighted by atomic mass is 35.5. The normalized spacial score (nSPS) is 10.3. The number of nitrogens with zero attached hydrogens (tertiary/aromatic N) is 1. The van der Waals surface area contributed by atoms with Gasteiger partial charge in [0.15, 0.2) is 10.9 Å². The molecule has 1 amide bonds. The lowest BCUT2D eigenvalue weighted by atomic mass is 10.1. The van der Waals surface area contributed by atoms with E-state index in [0.717, 1.165) is 5.56 Å². The van der Waals surface area contributed by atoms with Gasteiger partial charge in [-0.15, -0.1) is 11.3 Å². The monoisotopic (exact) mass is 294 g/mol. The number of carbonyl (C=O) groups excluding carboxylic acids is 2. The number of rotatable bonds is 3. The zero-order valence-corrected chi connectivity index (χ0v) is 11.9. The number of aryl methyl sites for hydroxylation is 1. The van der Waals surface area contributed by atoms with Crippen molar-refractivity contribution in [2.45, 2.75) is 13.8 Å². The number of hydrogen-bond acceptors (Lipinski definition) is 4. The van der Waals surface area contributed by atoms with Crippen LogP contribution in [-0.4, -0.2) is 16.7 Å². The Labute approximate surface area is 119 Å². The molecule has 1 heterocycles. The molecule has 4 nitrogen and oxygen atoms in total. The molecule has 1 aromatic heterocycles. The molecule has 0 unspecified atom stereocenters. The predicted molar refractivity (Wildman–Crippen MR) is 76.3 cm³/mol. The van der Waals surface area contributed by atoms with Crippen LogP contribution in [0.5, 0.6) is 0 Å². The van der Waals surface area contributed by atoms with Crippen LogP contribution in [0.25, 0.3) is 0 Å². The summed E-state index contributed by atoms with van der Waals surface area (Å²) in [4.78, 5) is 27.2. The molecule has 0 atom stereocenters. The summed E-state index contributed by atoms with van der Waals surface area (Å²) < 4.78 is 0. The van der Waals surface area contributed by atoms with Crippen molar-refractivity contribution >= 4 is 39.8 Å². The van der Waals surface area contributed by atoms with Crippen LogP contribution in [-0.2, 0) is 0 Å². The molecule has 0 radical (unpaired) electrons. The smallest absolute Gasteiger partial charge is 0.257 e. The van der Waals surface area contributed by atoms with Gasteiger partial charge in [-0.25, -0.2) is 4.98 Å². The zero-order valence-electron chi connectivity index (χ0n) is 10.4. The van der Waals surface area contributed by atoms with E-state index in [1.54, 1.807) is 23.6 Å². The van der Waals surface area contributed by atoms with Crippen molar-refractivity contribution in [2.75, 3.05) is 5.32 Å². The first-order chi connectivity index (χ1) is 8.95. The lowest BCUT2D eigenvalue weighted by Crippen LogP contribution is -2.12. The van der Waals surface area contributed by atoms with Crippen molar-refractivity contribution in [3.8, 4) is 0 Å². The van der Waals surface area contributed by atoms with Crippen molar-refractivity contribution in [3.63, 3.8) is 0 Å². The molecule has 0 aliphatic rings. The number of thiazole rings is 1. The summed E-state index contributed by atoms with van der Waals surface area (Å²) in [6.45, 7) is 3.29. The number of carbonyl (C=O) groups is 2. The lowest BCUT2D eigenvalue weighted by Gasteiger charge is -2.03. The molecule has 1 aromatic carbocycles. The Bertz CT molecular complexity index is 632. The molecule has 0 spiro atoms. The number of anilines is 1. The van der Waals surface area contributed by atoms with Crippen LogP contribution in [0, 0.1) is 6.92 Å². The number of benzene rings is 1. The van der Waals surface area contributed by atoms with Gasteiger partial charge in [-0.05, 0) is 30.7 Å². The van der Waals surface area contributed by atoms with Crippen LogP contribution < -0.4 is 5.32 Å². The van der Waals surface area contributed by atoms with E-state index in [1.807, 2.05) is 6.92 Å². The molecule has 1 N–H and O–H groups in total. The highest BCUT2D eigenvalue weighted by Crippen LogP contribution is 2.19. The van der Waals surface area contributed by atoms with E-state index in [4.69, 9.17) is 11.6 Å². The highest BCUT2D eigenvalue weighted by Gasteiger charge is 2.11. The van der Waals surface area contributed by atoms with Gasteiger partial charge in [0.1, 0.15) is 5.69 Å². The van der Waals surface area contributed by atoms with E-state index >= 15 is 0 Å². The van der Waals surface area contributed by atoms with E-state index in [9.17, 15) is 9.59 Å². The summed E-state index contributed by atoms with van der Waals surface area (Å²) in [5.41, 5.74) is 1.72. The Morgan fingerprint density at radius 1 is 1.32 bits per heavy atom. The van der Waals surface area contributed by atoms with Gasteiger partial charge in [0.2, 0.25) is 0 Å². The molecule has 0 saturated heterocycles. The molecule has 98 valence electrons. The first-order valence-electron chi connectivity index (χ1n) is 5.50. The Morgan fingerprint density at radius 2 is 2.05 bits per heavy atom. The Morgan fingerprint density at radius 3 is 2.63 bits per heavy atom. The third-order valence-electron chi connectivity index (χ3n) is 2.39. The van der Waals surface area contributed by atoms with Crippen molar-refractivity contribution in [2.24, 2.45) is 0 Å². The van der Waals surface area contributed by atoms with Gasteiger partial charge in [-0.2, -0.15) is 0 Å². The largest absolute Gasteiger partial charge is 0.298 e. The number of nitrogens with one attached hydrogen (secondary N) is 1. The number of amides is 1. The maximum atomic E-state index is 12.0. The van der Waals surface area contributed by atoms with Gasteiger partial charge in [-0.1, -0.05) is 11.6 Å². The SMILES string of the molecule is CC(=O)c1csc(NC(=O)c2cc(C)cc(Cl)c2)n1. The van der Waals surface area contributed by atoms with Crippen LogP contribution in [0.2, 0.25) is 5.02 Å². The van der Waals surface area contributed by atoms with Crippen LogP contribution in [0.4, 0.5) is 5.13 Å². The Hall–Kier alpha value is -1.72. The molecule has 2 rings (SSSR count). The molecule has 0 aliphatic carbocycles. The molecule has 19 heavy (non-hydrogen) atoms.